The van der Waals surface area contributed by atoms with E-state index in [1.54, 1.807) is 24.3 Å². The second-order valence-electron chi connectivity index (χ2n) is 7.64. The Morgan fingerprint density at radius 3 is 2.23 bits per heavy atom. The molecule has 1 aliphatic heterocycles. The van der Waals surface area contributed by atoms with Gasteiger partial charge in [0.2, 0.25) is 15.9 Å². The summed E-state index contributed by atoms with van der Waals surface area (Å²) in [6, 6.07) is 6.49. The van der Waals surface area contributed by atoms with Crippen LogP contribution in [-0.4, -0.2) is 37.3 Å². The summed E-state index contributed by atoms with van der Waals surface area (Å²) in [5, 5.41) is 3.15. The normalized spacial score (nSPS) is 23.3. The average molecular weight is 379 g/mol. The lowest BCUT2D eigenvalue weighted by Gasteiger charge is -2.34. The maximum absolute atomic E-state index is 13.1. The molecule has 0 unspecified atom stereocenters. The molecule has 2 aliphatic rings. The Kier molecular flexibility index (Phi) is 6.35. The van der Waals surface area contributed by atoms with Crippen LogP contribution < -0.4 is 5.32 Å². The largest absolute Gasteiger partial charge is 0.352 e. The molecule has 5 nitrogen and oxygen atoms in total. The van der Waals surface area contributed by atoms with E-state index in [9.17, 15) is 13.2 Å². The van der Waals surface area contributed by atoms with Crippen LogP contribution in [0, 0.1) is 6.92 Å². The number of carbonyl (C=O) groups is 1. The van der Waals surface area contributed by atoms with Crippen LogP contribution in [0.1, 0.15) is 63.4 Å². The van der Waals surface area contributed by atoms with Crippen molar-refractivity contribution < 1.29 is 13.2 Å². The summed E-state index contributed by atoms with van der Waals surface area (Å²) < 4.78 is 27.6. The molecule has 0 spiro atoms. The van der Waals surface area contributed by atoms with Crippen LogP contribution in [0.5, 0.6) is 0 Å². The molecule has 1 saturated heterocycles. The van der Waals surface area contributed by atoms with Crippen LogP contribution in [0.25, 0.3) is 0 Å². The molecule has 6 heteroatoms. The van der Waals surface area contributed by atoms with E-state index in [4.69, 9.17) is 0 Å². The first-order chi connectivity index (χ1) is 12.5. The number of nitrogens with one attached hydrogen (secondary N) is 1. The second-order valence-corrected chi connectivity index (χ2v) is 9.53. The smallest absolute Gasteiger partial charge is 0.243 e. The van der Waals surface area contributed by atoms with Gasteiger partial charge in [-0.15, -0.1) is 0 Å². The summed E-state index contributed by atoms with van der Waals surface area (Å²) >= 11 is 0. The minimum Gasteiger partial charge on any atom is -0.352 e. The molecular formula is C20H30N2O3S. The molecule has 1 amide bonds. The van der Waals surface area contributed by atoms with E-state index in [2.05, 4.69) is 5.32 Å². The molecule has 1 aromatic carbocycles. The van der Waals surface area contributed by atoms with Gasteiger partial charge in [0.05, 0.1) is 4.90 Å². The van der Waals surface area contributed by atoms with E-state index in [1.165, 1.54) is 17.1 Å². The minimum absolute atomic E-state index is 0.118. The molecule has 26 heavy (non-hydrogen) atoms. The number of nitrogens with zero attached hydrogens (tertiary/aromatic N) is 1. The fourth-order valence-corrected chi connectivity index (χ4v) is 5.68. The van der Waals surface area contributed by atoms with Gasteiger partial charge in [0, 0.05) is 12.6 Å². The van der Waals surface area contributed by atoms with Crippen molar-refractivity contribution in [2.75, 3.05) is 6.54 Å². The van der Waals surface area contributed by atoms with Crippen molar-refractivity contribution >= 4 is 15.9 Å². The van der Waals surface area contributed by atoms with Gasteiger partial charge in [0.25, 0.3) is 0 Å². The predicted octanol–water partition coefficient (Wildman–Crippen LogP) is 3.38. The van der Waals surface area contributed by atoms with E-state index in [-0.39, 0.29) is 16.8 Å². The fraction of sp³-hybridized carbons (Fsp3) is 0.650. The summed E-state index contributed by atoms with van der Waals surface area (Å²) in [6.45, 7) is 2.35. The highest BCUT2D eigenvalue weighted by atomic mass is 32.2. The predicted molar refractivity (Wildman–Crippen MR) is 102 cm³/mol. The van der Waals surface area contributed by atoms with Crippen molar-refractivity contribution in [3.8, 4) is 0 Å². The Morgan fingerprint density at radius 2 is 1.58 bits per heavy atom. The molecule has 1 aliphatic carbocycles. The van der Waals surface area contributed by atoms with Gasteiger partial charge < -0.3 is 5.32 Å². The van der Waals surface area contributed by atoms with Crippen molar-refractivity contribution in [2.24, 2.45) is 0 Å². The maximum Gasteiger partial charge on any atom is 0.243 e. The molecule has 1 saturated carbocycles. The zero-order valence-electron chi connectivity index (χ0n) is 15.6. The number of aryl methyl sites for hydroxylation is 1. The van der Waals surface area contributed by atoms with Gasteiger partial charge in [0.15, 0.2) is 0 Å². The Hall–Kier alpha value is -1.40. The quantitative estimate of drug-likeness (QED) is 0.817. The molecule has 0 bridgehead atoms. The molecule has 0 radical (unpaired) electrons. The van der Waals surface area contributed by atoms with E-state index >= 15 is 0 Å². The first-order valence-electron chi connectivity index (χ1n) is 9.87. The van der Waals surface area contributed by atoms with Crippen molar-refractivity contribution in [1.82, 2.24) is 9.62 Å². The number of piperidine rings is 1. The number of hydrogen-bond acceptors (Lipinski definition) is 3. The van der Waals surface area contributed by atoms with Crippen molar-refractivity contribution in [2.45, 2.75) is 81.7 Å². The molecule has 2 fully saturated rings. The summed E-state index contributed by atoms with van der Waals surface area (Å²) in [6.07, 6.45) is 9.03. The van der Waals surface area contributed by atoms with Crippen LogP contribution in [-0.2, 0) is 14.8 Å². The minimum atomic E-state index is -3.65. The Labute approximate surface area is 157 Å². The van der Waals surface area contributed by atoms with Crippen LogP contribution in [0.15, 0.2) is 29.2 Å². The standard InChI is InChI=1S/C20H30N2O3S/c1-16-11-13-18(14-12-16)26(24,25)22-15-7-6-10-19(22)20(23)21-17-8-4-2-3-5-9-17/h11-14,17,19H,2-10,15H2,1H3,(H,21,23)/t19-/m1/s1. The van der Waals surface area contributed by atoms with E-state index in [0.29, 0.717) is 13.0 Å². The topological polar surface area (TPSA) is 66.5 Å². The average Bonchev–Trinajstić information content (AvgIpc) is 2.91. The summed E-state index contributed by atoms with van der Waals surface area (Å²) in [4.78, 5) is 13.2. The Bertz CT molecular complexity index is 707. The van der Waals surface area contributed by atoms with Crippen LogP contribution in [0.4, 0.5) is 0 Å². The fourth-order valence-electron chi connectivity index (χ4n) is 4.02. The van der Waals surface area contributed by atoms with Crippen molar-refractivity contribution in [3.63, 3.8) is 0 Å². The third-order valence-electron chi connectivity index (χ3n) is 5.59. The van der Waals surface area contributed by atoms with Crippen LogP contribution in [0.2, 0.25) is 0 Å². The van der Waals surface area contributed by atoms with E-state index < -0.39 is 16.1 Å². The number of sulfonamides is 1. The number of carbonyl (C=O) groups excluding carboxylic acids is 1. The highest BCUT2D eigenvalue weighted by Crippen LogP contribution is 2.26. The third-order valence-corrected chi connectivity index (χ3v) is 7.51. The third kappa shape index (κ3) is 4.46. The second kappa shape index (κ2) is 8.53. The van der Waals surface area contributed by atoms with Crippen LogP contribution in [0.3, 0.4) is 0 Å². The number of amides is 1. The lowest BCUT2D eigenvalue weighted by molar-refractivity contribution is -0.126. The van der Waals surface area contributed by atoms with E-state index in [0.717, 1.165) is 44.1 Å². The van der Waals surface area contributed by atoms with E-state index in [1.807, 2.05) is 6.92 Å². The van der Waals surface area contributed by atoms with Crippen molar-refractivity contribution in [3.05, 3.63) is 29.8 Å². The molecule has 1 aromatic rings. The number of rotatable bonds is 4. The SMILES string of the molecule is Cc1ccc(S(=O)(=O)N2CCCC[C@@H]2C(=O)NC2CCCCCC2)cc1. The van der Waals surface area contributed by atoms with Gasteiger partial charge in [-0.25, -0.2) is 8.42 Å². The molecule has 1 heterocycles. The summed E-state index contributed by atoms with van der Waals surface area (Å²) in [7, 11) is -3.65. The van der Waals surface area contributed by atoms with Gasteiger partial charge >= 0.3 is 0 Å². The Morgan fingerprint density at radius 1 is 0.962 bits per heavy atom. The van der Waals surface area contributed by atoms with Gasteiger partial charge in [0.1, 0.15) is 6.04 Å². The lowest BCUT2D eigenvalue weighted by Crippen LogP contribution is -2.53. The monoisotopic (exact) mass is 378 g/mol. The van der Waals surface area contributed by atoms with Gasteiger partial charge in [-0.1, -0.05) is 49.8 Å². The van der Waals surface area contributed by atoms with Crippen LogP contribution >= 0.6 is 0 Å². The van der Waals surface area contributed by atoms with Gasteiger partial charge in [-0.3, -0.25) is 4.79 Å². The first-order valence-corrected chi connectivity index (χ1v) is 11.3. The van der Waals surface area contributed by atoms with Crippen molar-refractivity contribution in [1.29, 1.82) is 0 Å². The highest BCUT2D eigenvalue weighted by molar-refractivity contribution is 7.89. The van der Waals surface area contributed by atoms with Gasteiger partial charge in [-0.2, -0.15) is 4.31 Å². The van der Waals surface area contributed by atoms with Gasteiger partial charge in [-0.05, 0) is 44.7 Å². The Balaban J connectivity index is 1.76. The molecule has 144 valence electrons. The number of hydrogen-bond donors (Lipinski definition) is 1. The molecular weight excluding hydrogens is 348 g/mol. The molecule has 0 aromatic heterocycles. The first kappa shape index (κ1) is 19.4. The summed E-state index contributed by atoms with van der Waals surface area (Å²) in [5.74, 6) is -0.118. The molecule has 1 atom stereocenters. The molecule has 3 rings (SSSR count). The zero-order chi connectivity index (χ0) is 18.6. The highest BCUT2D eigenvalue weighted by Gasteiger charge is 2.38. The maximum atomic E-state index is 13.1. The summed E-state index contributed by atoms with van der Waals surface area (Å²) in [5.41, 5.74) is 1.02. The molecule has 1 N–H and O–H groups in total. The lowest BCUT2D eigenvalue weighted by atomic mass is 10.0. The number of benzene rings is 1. The zero-order valence-corrected chi connectivity index (χ0v) is 16.4.